The molecule has 1 saturated heterocycles. The maximum absolute atomic E-state index is 11.8. The molecule has 15 heavy (non-hydrogen) atoms. The molecule has 86 valence electrons. The Balaban J connectivity index is 2.58. The zero-order valence-corrected chi connectivity index (χ0v) is 10.3. The number of amides is 2. The summed E-state index contributed by atoms with van der Waals surface area (Å²) in [5, 5.41) is 2.63. The van der Waals surface area contributed by atoms with Gasteiger partial charge in [-0.15, -0.1) is 0 Å². The molecule has 1 fully saturated rings. The summed E-state index contributed by atoms with van der Waals surface area (Å²) in [5.74, 6) is 1.89. The quantitative estimate of drug-likeness (QED) is 0.764. The second kappa shape index (κ2) is 5.39. The van der Waals surface area contributed by atoms with E-state index in [0.717, 1.165) is 11.5 Å². The number of carbonyl (C=O) groups excluding carboxylic acids is 2. The molecule has 0 aromatic carbocycles. The van der Waals surface area contributed by atoms with E-state index in [1.807, 2.05) is 6.92 Å². The molecule has 0 spiro atoms. The number of piperazine rings is 1. The molecule has 0 saturated carbocycles. The molecule has 2 amide bonds. The fourth-order valence-electron chi connectivity index (χ4n) is 1.58. The summed E-state index contributed by atoms with van der Waals surface area (Å²) in [6.45, 7) is 6.01. The summed E-state index contributed by atoms with van der Waals surface area (Å²) < 4.78 is 0. The number of carbonyl (C=O) groups is 2. The zero-order valence-electron chi connectivity index (χ0n) is 9.45. The van der Waals surface area contributed by atoms with Gasteiger partial charge in [-0.05, 0) is 19.6 Å². The summed E-state index contributed by atoms with van der Waals surface area (Å²) in [5.41, 5.74) is 0. The lowest BCUT2D eigenvalue weighted by Crippen LogP contribution is -2.59. The molecule has 0 aromatic rings. The summed E-state index contributed by atoms with van der Waals surface area (Å²) in [6, 6.07) is -0.240. The highest BCUT2D eigenvalue weighted by molar-refractivity contribution is 7.99. The van der Waals surface area contributed by atoms with Gasteiger partial charge in [0.1, 0.15) is 6.04 Å². The minimum Gasteiger partial charge on any atom is -0.343 e. The van der Waals surface area contributed by atoms with Gasteiger partial charge in [-0.2, -0.15) is 11.8 Å². The largest absolute Gasteiger partial charge is 0.343 e. The lowest BCUT2D eigenvalue weighted by atomic mass is 10.2. The van der Waals surface area contributed by atoms with Gasteiger partial charge in [-0.25, -0.2) is 0 Å². The van der Waals surface area contributed by atoms with Crippen molar-refractivity contribution in [3.8, 4) is 0 Å². The average molecular weight is 230 g/mol. The van der Waals surface area contributed by atoms with E-state index in [1.165, 1.54) is 0 Å². The molecule has 4 nitrogen and oxygen atoms in total. The van der Waals surface area contributed by atoms with Crippen molar-refractivity contribution in [2.75, 3.05) is 18.1 Å². The molecule has 0 radical (unpaired) electrons. The molecule has 0 aromatic heterocycles. The van der Waals surface area contributed by atoms with Gasteiger partial charge in [0.15, 0.2) is 0 Å². The molecule has 1 aliphatic rings. The van der Waals surface area contributed by atoms with Crippen LogP contribution in [-0.2, 0) is 9.59 Å². The van der Waals surface area contributed by atoms with E-state index in [1.54, 1.807) is 23.6 Å². The predicted octanol–water partition coefficient (Wildman–Crippen LogP) is 0.475. The van der Waals surface area contributed by atoms with Crippen LogP contribution in [-0.4, -0.2) is 46.8 Å². The van der Waals surface area contributed by atoms with Crippen LogP contribution in [0.4, 0.5) is 0 Å². The Morgan fingerprint density at radius 2 is 2.27 bits per heavy atom. The maximum Gasteiger partial charge on any atom is 0.245 e. The standard InChI is InChI=1S/C10H18N2O2S/c1-4-15-6-7(2)12-5-9(13)11-8(3)10(12)14/h7-8H,4-6H2,1-3H3,(H,11,13). The van der Waals surface area contributed by atoms with Gasteiger partial charge in [-0.3, -0.25) is 9.59 Å². The molecule has 1 aliphatic heterocycles. The number of hydrogen-bond donors (Lipinski definition) is 1. The lowest BCUT2D eigenvalue weighted by molar-refractivity contribution is -0.145. The van der Waals surface area contributed by atoms with Gasteiger partial charge < -0.3 is 10.2 Å². The highest BCUT2D eigenvalue weighted by Gasteiger charge is 2.32. The van der Waals surface area contributed by atoms with Crippen molar-refractivity contribution in [3.63, 3.8) is 0 Å². The highest BCUT2D eigenvalue weighted by atomic mass is 32.2. The van der Waals surface area contributed by atoms with E-state index in [0.29, 0.717) is 0 Å². The van der Waals surface area contributed by atoms with E-state index in [4.69, 9.17) is 0 Å². The third-order valence-electron chi connectivity index (χ3n) is 2.44. The first-order valence-electron chi connectivity index (χ1n) is 5.23. The molecular weight excluding hydrogens is 212 g/mol. The van der Waals surface area contributed by atoms with Gasteiger partial charge in [0.05, 0.1) is 6.54 Å². The summed E-state index contributed by atoms with van der Waals surface area (Å²) in [6.07, 6.45) is 0. The molecular formula is C10H18N2O2S. The number of thioether (sulfide) groups is 1. The van der Waals surface area contributed by atoms with Gasteiger partial charge in [0.25, 0.3) is 0 Å². The van der Waals surface area contributed by atoms with Crippen LogP contribution in [0.3, 0.4) is 0 Å². The molecule has 2 unspecified atom stereocenters. The second-order valence-corrected chi connectivity index (χ2v) is 5.08. The molecule has 1 N–H and O–H groups in total. The van der Waals surface area contributed by atoms with Gasteiger partial charge in [0.2, 0.25) is 11.8 Å². The molecule has 2 atom stereocenters. The Kier molecular flexibility index (Phi) is 4.45. The van der Waals surface area contributed by atoms with Gasteiger partial charge >= 0.3 is 0 Å². The normalized spacial score (nSPS) is 23.9. The van der Waals surface area contributed by atoms with E-state index >= 15 is 0 Å². The monoisotopic (exact) mass is 230 g/mol. The van der Waals surface area contributed by atoms with Crippen LogP contribution in [0.5, 0.6) is 0 Å². The van der Waals surface area contributed by atoms with Crippen molar-refractivity contribution >= 4 is 23.6 Å². The fourth-order valence-corrected chi connectivity index (χ4v) is 2.34. The Bertz CT molecular complexity index is 258. The van der Waals surface area contributed by atoms with Gasteiger partial charge in [0, 0.05) is 11.8 Å². The number of hydrogen-bond acceptors (Lipinski definition) is 3. The second-order valence-electron chi connectivity index (χ2n) is 3.76. The van der Waals surface area contributed by atoms with Crippen molar-refractivity contribution in [2.24, 2.45) is 0 Å². The first-order valence-corrected chi connectivity index (χ1v) is 6.39. The van der Waals surface area contributed by atoms with Gasteiger partial charge in [-0.1, -0.05) is 6.92 Å². The van der Waals surface area contributed by atoms with E-state index in [9.17, 15) is 9.59 Å². The first kappa shape index (κ1) is 12.4. The number of nitrogens with zero attached hydrogens (tertiary/aromatic N) is 1. The van der Waals surface area contributed by atoms with Crippen LogP contribution in [0.15, 0.2) is 0 Å². The summed E-state index contributed by atoms with van der Waals surface area (Å²) in [7, 11) is 0. The van der Waals surface area contributed by atoms with E-state index in [-0.39, 0.29) is 30.4 Å². The number of nitrogens with one attached hydrogen (secondary N) is 1. The Morgan fingerprint density at radius 3 is 2.87 bits per heavy atom. The minimum absolute atomic E-state index is 0.0267. The first-order chi connectivity index (χ1) is 7.06. The smallest absolute Gasteiger partial charge is 0.245 e. The minimum atomic E-state index is -0.375. The third kappa shape index (κ3) is 3.12. The van der Waals surface area contributed by atoms with Crippen LogP contribution >= 0.6 is 11.8 Å². The molecule has 0 bridgehead atoms. The van der Waals surface area contributed by atoms with E-state index < -0.39 is 0 Å². The van der Waals surface area contributed by atoms with Crippen molar-refractivity contribution < 1.29 is 9.59 Å². The fraction of sp³-hybridized carbons (Fsp3) is 0.800. The highest BCUT2D eigenvalue weighted by Crippen LogP contribution is 2.12. The molecule has 1 heterocycles. The summed E-state index contributed by atoms with van der Waals surface area (Å²) in [4.78, 5) is 24.7. The van der Waals surface area contributed by atoms with Crippen LogP contribution in [0.2, 0.25) is 0 Å². The van der Waals surface area contributed by atoms with Crippen molar-refractivity contribution in [2.45, 2.75) is 32.9 Å². The maximum atomic E-state index is 11.8. The Morgan fingerprint density at radius 1 is 1.60 bits per heavy atom. The number of rotatable bonds is 4. The zero-order chi connectivity index (χ0) is 11.4. The third-order valence-corrected chi connectivity index (χ3v) is 3.57. The van der Waals surface area contributed by atoms with Crippen LogP contribution in [0.25, 0.3) is 0 Å². The van der Waals surface area contributed by atoms with Crippen molar-refractivity contribution in [1.29, 1.82) is 0 Å². The van der Waals surface area contributed by atoms with E-state index in [2.05, 4.69) is 12.2 Å². The Hall–Kier alpha value is -0.710. The average Bonchev–Trinajstić information content (AvgIpc) is 2.19. The molecule has 0 aliphatic carbocycles. The molecule has 5 heteroatoms. The van der Waals surface area contributed by atoms with Crippen LogP contribution < -0.4 is 5.32 Å². The Labute approximate surface area is 94.8 Å². The lowest BCUT2D eigenvalue weighted by Gasteiger charge is -2.35. The van der Waals surface area contributed by atoms with Crippen molar-refractivity contribution in [3.05, 3.63) is 0 Å². The molecule has 1 rings (SSSR count). The summed E-state index contributed by atoms with van der Waals surface area (Å²) >= 11 is 1.79. The van der Waals surface area contributed by atoms with Crippen LogP contribution in [0, 0.1) is 0 Å². The predicted molar refractivity (Wildman–Crippen MR) is 61.8 cm³/mol. The van der Waals surface area contributed by atoms with Crippen LogP contribution in [0.1, 0.15) is 20.8 Å². The SMILES string of the molecule is CCSCC(C)N1CC(=O)NC(C)C1=O. The topological polar surface area (TPSA) is 49.4 Å². The van der Waals surface area contributed by atoms with Crippen molar-refractivity contribution in [1.82, 2.24) is 10.2 Å².